The van der Waals surface area contributed by atoms with E-state index >= 15 is 0 Å². The molecule has 3 nitrogen and oxygen atoms in total. The van der Waals surface area contributed by atoms with E-state index in [-0.39, 0.29) is 0 Å². The summed E-state index contributed by atoms with van der Waals surface area (Å²) in [5, 5.41) is 12.1. The first-order valence-electron chi connectivity index (χ1n) is 5.62. The van der Waals surface area contributed by atoms with Gasteiger partial charge in [-0.15, -0.1) is 0 Å². The van der Waals surface area contributed by atoms with Gasteiger partial charge in [-0.25, -0.2) is 4.79 Å². The molecule has 0 saturated carbocycles. The molecule has 2 rings (SSSR count). The van der Waals surface area contributed by atoms with Crippen molar-refractivity contribution in [1.29, 1.82) is 0 Å². The molecular weight excluding hydrogens is 202 g/mol. The highest BCUT2D eigenvalue weighted by molar-refractivity contribution is 5.81. The molecule has 1 aromatic rings. The van der Waals surface area contributed by atoms with Crippen LogP contribution in [0, 0.1) is 0 Å². The van der Waals surface area contributed by atoms with Crippen LogP contribution in [0.5, 0.6) is 0 Å². The summed E-state index contributed by atoms with van der Waals surface area (Å²) in [6.07, 6.45) is 3.47. The Kier molecular flexibility index (Phi) is 2.62. The van der Waals surface area contributed by atoms with Crippen LogP contribution in [-0.4, -0.2) is 16.6 Å². The van der Waals surface area contributed by atoms with Gasteiger partial charge in [0, 0.05) is 5.69 Å². The molecule has 2 N–H and O–H groups in total. The van der Waals surface area contributed by atoms with Crippen LogP contribution in [0.2, 0.25) is 0 Å². The maximum atomic E-state index is 11.0. The van der Waals surface area contributed by atoms with Gasteiger partial charge in [-0.2, -0.15) is 0 Å². The normalized spacial score (nSPS) is 14.6. The van der Waals surface area contributed by atoms with E-state index in [1.54, 1.807) is 13.8 Å². The summed E-state index contributed by atoms with van der Waals surface area (Å²) in [4.78, 5) is 11.0. The Morgan fingerprint density at radius 2 is 2.00 bits per heavy atom. The number of anilines is 1. The second-order valence-electron chi connectivity index (χ2n) is 4.89. The third-order valence-electron chi connectivity index (χ3n) is 3.09. The maximum Gasteiger partial charge on any atom is 0.328 e. The molecular formula is C13H17NO2. The van der Waals surface area contributed by atoms with Crippen LogP contribution in [0.4, 0.5) is 5.69 Å². The highest BCUT2D eigenvalue weighted by Crippen LogP contribution is 2.26. The van der Waals surface area contributed by atoms with Crippen molar-refractivity contribution in [2.75, 3.05) is 5.32 Å². The van der Waals surface area contributed by atoms with E-state index < -0.39 is 11.5 Å². The number of carboxylic acids is 1. The van der Waals surface area contributed by atoms with E-state index in [9.17, 15) is 4.79 Å². The Morgan fingerprint density at radius 3 is 2.69 bits per heavy atom. The van der Waals surface area contributed by atoms with Crippen LogP contribution < -0.4 is 5.32 Å². The molecule has 1 aliphatic rings. The molecule has 3 heteroatoms. The van der Waals surface area contributed by atoms with E-state index in [0.717, 1.165) is 18.5 Å². The first kappa shape index (κ1) is 11.0. The summed E-state index contributed by atoms with van der Waals surface area (Å²) >= 11 is 0. The zero-order chi connectivity index (χ0) is 11.8. The van der Waals surface area contributed by atoms with Gasteiger partial charge in [-0.1, -0.05) is 6.07 Å². The number of hydrogen-bond donors (Lipinski definition) is 2. The van der Waals surface area contributed by atoms with Crippen LogP contribution in [0.3, 0.4) is 0 Å². The molecule has 0 spiro atoms. The lowest BCUT2D eigenvalue weighted by molar-refractivity contribution is -0.141. The third kappa shape index (κ3) is 2.03. The van der Waals surface area contributed by atoms with E-state index in [1.165, 1.54) is 17.5 Å². The summed E-state index contributed by atoms with van der Waals surface area (Å²) < 4.78 is 0. The van der Waals surface area contributed by atoms with Gasteiger partial charge < -0.3 is 10.4 Å². The van der Waals surface area contributed by atoms with Crippen molar-refractivity contribution >= 4 is 11.7 Å². The molecule has 0 amide bonds. The van der Waals surface area contributed by atoms with Gasteiger partial charge in [0.1, 0.15) is 5.54 Å². The summed E-state index contributed by atoms with van der Waals surface area (Å²) in [7, 11) is 0. The first-order valence-corrected chi connectivity index (χ1v) is 5.62. The average Bonchev–Trinajstić information content (AvgIpc) is 2.63. The lowest BCUT2D eigenvalue weighted by Crippen LogP contribution is -2.39. The second-order valence-corrected chi connectivity index (χ2v) is 4.89. The van der Waals surface area contributed by atoms with Crippen molar-refractivity contribution in [2.24, 2.45) is 0 Å². The predicted octanol–water partition coefficient (Wildman–Crippen LogP) is 2.45. The molecule has 16 heavy (non-hydrogen) atoms. The van der Waals surface area contributed by atoms with Crippen LogP contribution in [-0.2, 0) is 17.6 Å². The minimum absolute atomic E-state index is 0.840. The predicted molar refractivity (Wildman–Crippen MR) is 63.8 cm³/mol. The van der Waals surface area contributed by atoms with Gasteiger partial charge in [-0.3, -0.25) is 0 Å². The number of hydrogen-bond acceptors (Lipinski definition) is 2. The largest absolute Gasteiger partial charge is 0.480 e. The van der Waals surface area contributed by atoms with Crippen molar-refractivity contribution in [3.63, 3.8) is 0 Å². The molecule has 86 valence electrons. The molecule has 0 aliphatic heterocycles. The lowest BCUT2D eigenvalue weighted by Gasteiger charge is -2.22. The highest BCUT2D eigenvalue weighted by atomic mass is 16.4. The number of rotatable bonds is 3. The standard InChI is InChI=1S/C13H17NO2/c1-13(2,12(15)16)14-11-7-6-9-4-3-5-10(9)8-11/h6-8,14H,3-5H2,1-2H3,(H,15,16). The third-order valence-corrected chi connectivity index (χ3v) is 3.09. The van der Waals surface area contributed by atoms with E-state index in [1.807, 2.05) is 6.07 Å². The van der Waals surface area contributed by atoms with Gasteiger partial charge in [0.15, 0.2) is 0 Å². The average molecular weight is 219 g/mol. The van der Waals surface area contributed by atoms with Gasteiger partial charge in [0.25, 0.3) is 0 Å². The number of fused-ring (bicyclic) bond motifs is 1. The van der Waals surface area contributed by atoms with Gasteiger partial charge in [-0.05, 0) is 56.4 Å². The summed E-state index contributed by atoms with van der Waals surface area (Å²) in [6.45, 7) is 3.34. The topological polar surface area (TPSA) is 49.3 Å². The number of aliphatic carboxylic acids is 1. The van der Waals surface area contributed by atoms with Crippen LogP contribution in [0.15, 0.2) is 18.2 Å². The van der Waals surface area contributed by atoms with Gasteiger partial charge >= 0.3 is 5.97 Å². The van der Waals surface area contributed by atoms with E-state index in [4.69, 9.17) is 5.11 Å². The van der Waals surface area contributed by atoms with E-state index in [2.05, 4.69) is 17.4 Å². The number of benzene rings is 1. The highest BCUT2D eigenvalue weighted by Gasteiger charge is 2.26. The minimum Gasteiger partial charge on any atom is -0.480 e. The van der Waals surface area contributed by atoms with E-state index in [0.29, 0.717) is 0 Å². The Hall–Kier alpha value is -1.51. The first-order chi connectivity index (χ1) is 7.49. The number of carbonyl (C=O) groups is 1. The smallest absolute Gasteiger partial charge is 0.328 e. The fraction of sp³-hybridized carbons (Fsp3) is 0.462. The van der Waals surface area contributed by atoms with Crippen molar-refractivity contribution in [1.82, 2.24) is 0 Å². The molecule has 0 aromatic heterocycles. The monoisotopic (exact) mass is 219 g/mol. The van der Waals surface area contributed by atoms with Crippen LogP contribution in [0.25, 0.3) is 0 Å². The minimum atomic E-state index is -0.924. The fourth-order valence-electron chi connectivity index (χ4n) is 2.06. The molecule has 0 atom stereocenters. The Balaban J connectivity index is 2.20. The molecule has 0 unspecified atom stereocenters. The van der Waals surface area contributed by atoms with Gasteiger partial charge in [0.05, 0.1) is 0 Å². The summed E-state index contributed by atoms with van der Waals surface area (Å²) in [5.74, 6) is -0.840. The number of nitrogens with one attached hydrogen (secondary N) is 1. The molecule has 1 aliphatic carbocycles. The quantitative estimate of drug-likeness (QED) is 0.821. The fourth-order valence-corrected chi connectivity index (χ4v) is 2.06. The Bertz CT molecular complexity index is 424. The lowest BCUT2D eigenvalue weighted by atomic mass is 10.0. The van der Waals surface area contributed by atoms with Gasteiger partial charge in [0.2, 0.25) is 0 Å². The van der Waals surface area contributed by atoms with Crippen LogP contribution >= 0.6 is 0 Å². The zero-order valence-corrected chi connectivity index (χ0v) is 9.71. The zero-order valence-electron chi connectivity index (χ0n) is 9.71. The molecule has 0 fully saturated rings. The molecule has 0 saturated heterocycles. The molecule has 0 radical (unpaired) electrons. The summed E-state index contributed by atoms with van der Waals surface area (Å²) in [5.41, 5.74) is 2.73. The molecule has 0 heterocycles. The number of carboxylic acid groups (broad SMARTS) is 1. The van der Waals surface area contributed by atoms with Crippen molar-refractivity contribution in [2.45, 2.75) is 38.6 Å². The van der Waals surface area contributed by atoms with Crippen molar-refractivity contribution in [3.05, 3.63) is 29.3 Å². The van der Waals surface area contributed by atoms with Crippen molar-refractivity contribution < 1.29 is 9.90 Å². The second kappa shape index (κ2) is 3.81. The number of aryl methyl sites for hydroxylation is 2. The van der Waals surface area contributed by atoms with Crippen molar-refractivity contribution in [3.8, 4) is 0 Å². The van der Waals surface area contributed by atoms with Crippen LogP contribution in [0.1, 0.15) is 31.4 Å². The Morgan fingerprint density at radius 1 is 1.31 bits per heavy atom. The Labute approximate surface area is 95.5 Å². The molecule has 1 aromatic carbocycles. The molecule has 0 bridgehead atoms. The summed E-state index contributed by atoms with van der Waals surface area (Å²) in [6, 6.07) is 6.14. The SMILES string of the molecule is CC(C)(Nc1ccc2c(c1)CCC2)C(=O)O. The maximum absolute atomic E-state index is 11.0.